The van der Waals surface area contributed by atoms with Crippen LogP contribution in [0, 0.1) is 5.82 Å². The predicted octanol–water partition coefficient (Wildman–Crippen LogP) is 4.68. The molecular formula is C27H24FN5O. The van der Waals surface area contributed by atoms with E-state index in [4.69, 9.17) is 4.98 Å². The molecule has 34 heavy (non-hydrogen) atoms. The van der Waals surface area contributed by atoms with Crippen molar-refractivity contribution in [3.63, 3.8) is 0 Å². The fourth-order valence-corrected chi connectivity index (χ4v) is 4.37. The van der Waals surface area contributed by atoms with E-state index in [1.807, 2.05) is 23.1 Å². The van der Waals surface area contributed by atoms with Crippen LogP contribution in [0.15, 0.2) is 79.5 Å². The lowest BCUT2D eigenvalue weighted by atomic mass is 9.93. The van der Waals surface area contributed by atoms with Crippen molar-refractivity contribution in [2.75, 3.05) is 13.1 Å². The number of piperidine rings is 1. The number of rotatable bonds is 5. The number of hydrogen-bond donors (Lipinski definition) is 0. The monoisotopic (exact) mass is 453 g/mol. The van der Waals surface area contributed by atoms with Crippen LogP contribution < -0.4 is 0 Å². The molecule has 0 N–H and O–H groups in total. The van der Waals surface area contributed by atoms with E-state index in [0.29, 0.717) is 24.2 Å². The van der Waals surface area contributed by atoms with Gasteiger partial charge in [0.25, 0.3) is 5.91 Å². The lowest BCUT2D eigenvalue weighted by molar-refractivity contribution is 0.0706. The van der Waals surface area contributed by atoms with Crippen molar-refractivity contribution in [3.8, 4) is 11.3 Å². The number of pyridine rings is 2. The van der Waals surface area contributed by atoms with Gasteiger partial charge in [0, 0.05) is 66.5 Å². The predicted molar refractivity (Wildman–Crippen MR) is 127 cm³/mol. The number of carbonyl (C=O) groups excluding carboxylic acids is 1. The van der Waals surface area contributed by atoms with Crippen LogP contribution in [0.5, 0.6) is 0 Å². The Bertz CT molecular complexity index is 1280. The number of nitrogens with zero attached hydrogens (tertiary/aromatic N) is 5. The van der Waals surface area contributed by atoms with Crippen LogP contribution >= 0.6 is 0 Å². The summed E-state index contributed by atoms with van der Waals surface area (Å²) in [4.78, 5) is 32.5. The first-order valence-electron chi connectivity index (χ1n) is 11.4. The van der Waals surface area contributed by atoms with Gasteiger partial charge in [-0.25, -0.2) is 14.4 Å². The van der Waals surface area contributed by atoms with Gasteiger partial charge in [-0.2, -0.15) is 0 Å². The van der Waals surface area contributed by atoms with E-state index in [1.54, 1.807) is 42.9 Å². The van der Waals surface area contributed by atoms with Gasteiger partial charge >= 0.3 is 0 Å². The molecule has 1 atom stereocenters. The first-order chi connectivity index (χ1) is 16.7. The molecule has 0 saturated carbocycles. The van der Waals surface area contributed by atoms with E-state index in [1.165, 1.54) is 18.5 Å². The number of aromatic nitrogens is 4. The summed E-state index contributed by atoms with van der Waals surface area (Å²) in [6.07, 6.45) is 9.04. The van der Waals surface area contributed by atoms with E-state index < -0.39 is 0 Å². The lowest BCUT2D eigenvalue weighted by Crippen LogP contribution is -2.39. The molecule has 0 aliphatic carbocycles. The second-order valence-electron chi connectivity index (χ2n) is 8.50. The molecule has 1 aliphatic rings. The first-order valence-corrected chi connectivity index (χ1v) is 11.4. The minimum atomic E-state index is -0.240. The van der Waals surface area contributed by atoms with E-state index in [-0.39, 0.29) is 17.6 Å². The average Bonchev–Trinajstić information content (AvgIpc) is 2.90. The fourth-order valence-electron chi connectivity index (χ4n) is 4.37. The zero-order valence-corrected chi connectivity index (χ0v) is 18.6. The third-order valence-electron chi connectivity index (χ3n) is 6.12. The highest BCUT2D eigenvalue weighted by molar-refractivity contribution is 5.95. The second kappa shape index (κ2) is 9.87. The number of carbonyl (C=O) groups is 1. The van der Waals surface area contributed by atoms with E-state index in [9.17, 15) is 9.18 Å². The first kappa shape index (κ1) is 21.8. The summed E-state index contributed by atoms with van der Waals surface area (Å²) in [5.41, 5.74) is 5.01. The summed E-state index contributed by atoms with van der Waals surface area (Å²) in [5, 5.41) is 0. The SMILES string of the molecule is O=C(c1ccnc(-c2cncnc2)c1)N1CCCC(c2cccc(Cc3ccc(F)cc3)n2)C1. The highest BCUT2D eigenvalue weighted by atomic mass is 19.1. The zero-order valence-electron chi connectivity index (χ0n) is 18.6. The molecule has 1 unspecified atom stereocenters. The summed E-state index contributed by atoms with van der Waals surface area (Å²) in [6, 6.07) is 16.1. The Morgan fingerprint density at radius 1 is 1.06 bits per heavy atom. The highest BCUT2D eigenvalue weighted by Gasteiger charge is 2.26. The Morgan fingerprint density at radius 3 is 2.71 bits per heavy atom. The van der Waals surface area contributed by atoms with Gasteiger partial charge in [0.2, 0.25) is 0 Å². The van der Waals surface area contributed by atoms with Gasteiger partial charge in [-0.05, 0) is 54.8 Å². The number of hydrogen-bond acceptors (Lipinski definition) is 5. The summed E-state index contributed by atoms with van der Waals surface area (Å²) in [5.74, 6) is -0.0711. The largest absolute Gasteiger partial charge is 0.338 e. The molecule has 4 heterocycles. The van der Waals surface area contributed by atoms with Gasteiger partial charge in [-0.3, -0.25) is 14.8 Å². The number of amides is 1. The average molecular weight is 454 g/mol. The van der Waals surface area contributed by atoms with Gasteiger partial charge < -0.3 is 4.90 Å². The van der Waals surface area contributed by atoms with E-state index in [2.05, 4.69) is 15.0 Å². The summed E-state index contributed by atoms with van der Waals surface area (Å²) >= 11 is 0. The molecule has 7 heteroatoms. The maximum Gasteiger partial charge on any atom is 0.254 e. The number of halogens is 1. The molecule has 1 amide bonds. The molecule has 1 aliphatic heterocycles. The van der Waals surface area contributed by atoms with Gasteiger partial charge in [0.1, 0.15) is 12.1 Å². The summed E-state index contributed by atoms with van der Waals surface area (Å²) in [6.45, 7) is 1.34. The Labute approximate surface area is 197 Å². The van der Waals surface area contributed by atoms with Crippen LogP contribution in [0.3, 0.4) is 0 Å². The van der Waals surface area contributed by atoms with Crippen molar-refractivity contribution < 1.29 is 9.18 Å². The summed E-state index contributed by atoms with van der Waals surface area (Å²) < 4.78 is 13.2. The maximum atomic E-state index is 13.3. The molecule has 5 rings (SSSR count). The minimum Gasteiger partial charge on any atom is -0.338 e. The normalized spacial score (nSPS) is 15.8. The Morgan fingerprint density at radius 2 is 1.88 bits per heavy atom. The van der Waals surface area contributed by atoms with Crippen molar-refractivity contribution in [2.24, 2.45) is 0 Å². The Balaban J connectivity index is 1.30. The van der Waals surface area contributed by atoms with E-state index >= 15 is 0 Å². The van der Waals surface area contributed by atoms with Crippen LogP contribution in [0.1, 0.15) is 46.1 Å². The molecule has 170 valence electrons. The maximum absolute atomic E-state index is 13.3. The smallest absolute Gasteiger partial charge is 0.254 e. The third-order valence-corrected chi connectivity index (χ3v) is 6.12. The van der Waals surface area contributed by atoms with Gasteiger partial charge in [0.15, 0.2) is 0 Å². The van der Waals surface area contributed by atoms with Gasteiger partial charge in [-0.1, -0.05) is 18.2 Å². The second-order valence-corrected chi connectivity index (χ2v) is 8.50. The van der Waals surface area contributed by atoms with Crippen molar-refractivity contribution in [1.29, 1.82) is 0 Å². The Hall–Kier alpha value is -4.00. The molecule has 0 bridgehead atoms. The standard InChI is InChI=1S/C27H24FN5O/c28-23-8-6-19(7-9-23)13-24-4-1-5-25(32-24)21-3-2-12-33(17-21)27(34)20-10-11-31-26(14-20)22-15-29-18-30-16-22/h1,4-11,14-16,18,21H,2-3,12-13,17H2. The highest BCUT2D eigenvalue weighted by Crippen LogP contribution is 2.27. The number of likely N-dealkylation sites (tertiary alicyclic amines) is 1. The van der Waals surface area contributed by atoms with Gasteiger partial charge in [-0.15, -0.1) is 0 Å². The molecular weight excluding hydrogens is 429 g/mol. The molecule has 1 fully saturated rings. The van der Waals surface area contributed by atoms with Gasteiger partial charge in [0.05, 0.1) is 5.69 Å². The minimum absolute atomic E-state index is 0.00679. The van der Waals surface area contributed by atoms with Crippen LogP contribution in [0.4, 0.5) is 4.39 Å². The lowest BCUT2D eigenvalue weighted by Gasteiger charge is -2.32. The number of benzene rings is 1. The fraction of sp³-hybridized carbons (Fsp3) is 0.222. The molecule has 1 saturated heterocycles. The Kier molecular flexibility index (Phi) is 6.33. The molecule has 4 aromatic rings. The van der Waals surface area contributed by atoms with Crippen LogP contribution in [0.25, 0.3) is 11.3 Å². The molecule has 0 radical (unpaired) electrons. The van der Waals surface area contributed by atoms with Crippen molar-refractivity contribution in [1.82, 2.24) is 24.8 Å². The summed E-state index contributed by atoms with van der Waals surface area (Å²) in [7, 11) is 0. The quantitative estimate of drug-likeness (QED) is 0.439. The molecule has 6 nitrogen and oxygen atoms in total. The molecule has 1 aromatic carbocycles. The van der Waals surface area contributed by atoms with Crippen molar-refractivity contribution in [3.05, 3.63) is 108 Å². The topological polar surface area (TPSA) is 71.9 Å². The molecule has 0 spiro atoms. The van der Waals surface area contributed by atoms with Crippen LogP contribution in [0.2, 0.25) is 0 Å². The third kappa shape index (κ3) is 4.98. The molecule has 3 aromatic heterocycles. The van der Waals surface area contributed by atoms with Crippen LogP contribution in [-0.2, 0) is 6.42 Å². The van der Waals surface area contributed by atoms with Crippen LogP contribution in [-0.4, -0.2) is 43.8 Å². The zero-order chi connectivity index (χ0) is 23.3. The van der Waals surface area contributed by atoms with Crippen molar-refractivity contribution >= 4 is 5.91 Å². The van der Waals surface area contributed by atoms with Crippen molar-refractivity contribution in [2.45, 2.75) is 25.2 Å². The van der Waals surface area contributed by atoms with E-state index in [0.717, 1.165) is 41.9 Å².